The van der Waals surface area contributed by atoms with Crippen LogP contribution in [-0.4, -0.2) is 39.8 Å². The van der Waals surface area contributed by atoms with E-state index in [1.165, 1.54) is 0 Å². The third-order valence-electron chi connectivity index (χ3n) is 3.73. The summed E-state index contributed by atoms with van der Waals surface area (Å²) >= 11 is 3.39. The van der Waals surface area contributed by atoms with E-state index in [2.05, 4.69) is 36.4 Å². The zero-order valence-electron chi connectivity index (χ0n) is 12.9. The van der Waals surface area contributed by atoms with Gasteiger partial charge in [-0.05, 0) is 25.0 Å². The summed E-state index contributed by atoms with van der Waals surface area (Å²) in [4.78, 5) is 16.4. The van der Waals surface area contributed by atoms with E-state index in [9.17, 15) is 4.79 Å². The van der Waals surface area contributed by atoms with Crippen molar-refractivity contribution in [3.8, 4) is 11.4 Å². The molecule has 1 fully saturated rings. The zero-order valence-corrected chi connectivity index (χ0v) is 15.3. The van der Waals surface area contributed by atoms with Gasteiger partial charge in [0.25, 0.3) is 0 Å². The number of halogens is 2. The quantitative estimate of drug-likeness (QED) is 0.689. The lowest BCUT2D eigenvalue weighted by atomic mass is 10.2. The lowest BCUT2D eigenvalue weighted by Crippen LogP contribution is -2.35. The van der Waals surface area contributed by atoms with Crippen LogP contribution >= 0.6 is 28.3 Å². The van der Waals surface area contributed by atoms with Crippen LogP contribution in [0.4, 0.5) is 0 Å². The Labute approximate surface area is 154 Å². The SMILES string of the molecule is Cl.NC[C@H]1CC[C@@H](C(=O)NCc2nc(-c3ccc(Br)cc3)n[nH]2)O1. The third kappa shape index (κ3) is 4.54. The van der Waals surface area contributed by atoms with Crippen LogP contribution in [0.2, 0.25) is 0 Å². The Balaban J connectivity index is 0.00000208. The van der Waals surface area contributed by atoms with Gasteiger partial charge in [-0.25, -0.2) is 4.98 Å². The Morgan fingerprint density at radius 3 is 2.79 bits per heavy atom. The van der Waals surface area contributed by atoms with Crippen LogP contribution in [0.3, 0.4) is 0 Å². The average molecular weight is 417 g/mol. The van der Waals surface area contributed by atoms with E-state index in [4.69, 9.17) is 10.5 Å². The first-order valence-electron chi connectivity index (χ1n) is 7.46. The minimum atomic E-state index is -0.419. The zero-order chi connectivity index (χ0) is 16.2. The number of rotatable bonds is 5. The van der Waals surface area contributed by atoms with Gasteiger partial charge in [-0.1, -0.05) is 28.1 Å². The Bertz CT molecular complexity index is 679. The van der Waals surface area contributed by atoms with E-state index in [0.717, 1.165) is 16.5 Å². The maximum Gasteiger partial charge on any atom is 0.249 e. The van der Waals surface area contributed by atoms with E-state index in [0.29, 0.717) is 24.6 Å². The predicted molar refractivity (Wildman–Crippen MR) is 95.6 cm³/mol. The number of benzene rings is 1. The summed E-state index contributed by atoms with van der Waals surface area (Å²) in [5.74, 6) is 1.06. The van der Waals surface area contributed by atoms with Gasteiger partial charge in [0.05, 0.1) is 12.6 Å². The second-order valence-electron chi connectivity index (χ2n) is 5.39. The summed E-state index contributed by atoms with van der Waals surface area (Å²) in [6.07, 6.45) is 1.09. The van der Waals surface area contributed by atoms with Gasteiger partial charge in [0.2, 0.25) is 5.91 Å². The molecule has 2 atom stereocenters. The lowest BCUT2D eigenvalue weighted by Gasteiger charge is -2.11. The van der Waals surface area contributed by atoms with E-state index in [1.54, 1.807) is 0 Å². The molecule has 0 spiro atoms. The van der Waals surface area contributed by atoms with Crippen molar-refractivity contribution in [2.24, 2.45) is 5.73 Å². The number of hydrogen-bond donors (Lipinski definition) is 3. The van der Waals surface area contributed by atoms with Crippen LogP contribution in [0.1, 0.15) is 18.7 Å². The number of aromatic nitrogens is 3. The summed E-state index contributed by atoms with van der Waals surface area (Å²) in [7, 11) is 0. The second-order valence-corrected chi connectivity index (χ2v) is 6.31. The highest BCUT2D eigenvalue weighted by atomic mass is 79.9. The topological polar surface area (TPSA) is 106 Å². The fourth-order valence-corrected chi connectivity index (χ4v) is 2.72. The molecule has 24 heavy (non-hydrogen) atoms. The number of nitrogens with two attached hydrogens (primary N) is 1. The van der Waals surface area contributed by atoms with Crippen LogP contribution < -0.4 is 11.1 Å². The Morgan fingerprint density at radius 1 is 1.38 bits per heavy atom. The predicted octanol–water partition coefficient (Wildman–Crippen LogP) is 1.78. The van der Waals surface area contributed by atoms with Crippen molar-refractivity contribution in [1.29, 1.82) is 0 Å². The molecule has 0 aliphatic carbocycles. The Kier molecular flexibility index (Phi) is 6.73. The summed E-state index contributed by atoms with van der Waals surface area (Å²) in [5.41, 5.74) is 6.45. The number of nitrogens with zero attached hydrogens (tertiary/aromatic N) is 2. The van der Waals surface area contributed by atoms with Gasteiger partial charge in [0, 0.05) is 16.6 Å². The molecule has 7 nitrogen and oxygen atoms in total. The van der Waals surface area contributed by atoms with Gasteiger partial charge in [-0.15, -0.1) is 12.4 Å². The molecular weight excluding hydrogens is 398 g/mol. The number of hydrogen-bond acceptors (Lipinski definition) is 5. The number of nitrogens with one attached hydrogen (secondary N) is 2. The molecule has 1 aromatic heterocycles. The summed E-state index contributed by atoms with van der Waals surface area (Å²) < 4.78 is 6.56. The van der Waals surface area contributed by atoms with Crippen LogP contribution in [-0.2, 0) is 16.1 Å². The molecule has 1 aliphatic rings. The molecular formula is C15H19BrClN5O2. The molecule has 1 aliphatic heterocycles. The molecule has 1 aromatic carbocycles. The number of carbonyl (C=O) groups excluding carboxylic acids is 1. The second kappa shape index (κ2) is 8.57. The maximum atomic E-state index is 12.1. The van der Waals surface area contributed by atoms with Crippen molar-refractivity contribution in [3.05, 3.63) is 34.6 Å². The summed E-state index contributed by atoms with van der Waals surface area (Å²) in [5, 5.41) is 9.82. The van der Waals surface area contributed by atoms with E-state index in [1.807, 2.05) is 24.3 Å². The van der Waals surface area contributed by atoms with Crippen molar-refractivity contribution in [1.82, 2.24) is 20.5 Å². The van der Waals surface area contributed by atoms with E-state index >= 15 is 0 Å². The van der Waals surface area contributed by atoms with Crippen LogP contribution in [0.15, 0.2) is 28.7 Å². The molecule has 0 unspecified atom stereocenters. The molecule has 1 amide bonds. The number of amides is 1. The Morgan fingerprint density at radius 2 is 2.12 bits per heavy atom. The highest BCUT2D eigenvalue weighted by Crippen LogP contribution is 2.19. The van der Waals surface area contributed by atoms with Gasteiger partial charge < -0.3 is 15.8 Å². The molecule has 9 heteroatoms. The molecule has 2 aromatic rings. The molecule has 130 valence electrons. The Hall–Kier alpha value is -1.48. The van der Waals surface area contributed by atoms with Crippen molar-refractivity contribution in [2.75, 3.05) is 6.54 Å². The molecule has 2 heterocycles. The highest BCUT2D eigenvalue weighted by Gasteiger charge is 2.29. The van der Waals surface area contributed by atoms with Gasteiger partial charge in [0.1, 0.15) is 11.9 Å². The normalized spacial score (nSPS) is 19.8. The first-order chi connectivity index (χ1) is 11.2. The first-order valence-corrected chi connectivity index (χ1v) is 8.25. The van der Waals surface area contributed by atoms with Gasteiger partial charge in [-0.3, -0.25) is 9.89 Å². The monoisotopic (exact) mass is 415 g/mol. The average Bonchev–Trinajstić information content (AvgIpc) is 3.22. The van der Waals surface area contributed by atoms with Crippen molar-refractivity contribution in [3.63, 3.8) is 0 Å². The molecule has 0 radical (unpaired) electrons. The van der Waals surface area contributed by atoms with Crippen molar-refractivity contribution >= 4 is 34.2 Å². The van der Waals surface area contributed by atoms with Crippen LogP contribution in [0, 0.1) is 0 Å². The van der Waals surface area contributed by atoms with Crippen molar-refractivity contribution < 1.29 is 9.53 Å². The van der Waals surface area contributed by atoms with Crippen molar-refractivity contribution in [2.45, 2.75) is 31.6 Å². The van der Waals surface area contributed by atoms with Gasteiger partial charge in [0.15, 0.2) is 5.82 Å². The molecule has 0 saturated carbocycles. The summed E-state index contributed by atoms with van der Waals surface area (Å²) in [6, 6.07) is 7.71. The molecule has 3 rings (SSSR count). The minimum absolute atomic E-state index is 0. The standard InChI is InChI=1S/C15H18BrN5O2.ClH/c16-10-3-1-9(2-4-10)14-19-13(20-21-14)8-18-15(22)12-6-5-11(7-17)23-12;/h1-4,11-12H,5-8,17H2,(H,18,22)(H,19,20,21);1H/t11-,12+;/m1./s1. The van der Waals surface area contributed by atoms with Crippen LogP contribution in [0.5, 0.6) is 0 Å². The van der Waals surface area contributed by atoms with Gasteiger partial charge >= 0.3 is 0 Å². The number of H-pyrrole nitrogens is 1. The smallest absolute Gasteiger partial charge is 0.249 e. The lowest BCUT2D eigenvalue weighted by molar-refractivity contribution is -0.132. The molecule has 4 N–H and O–H groups in total. The van der Waals surface area contributed by atoms with Gasteiger partial charge in [-0.2, -0.15) is 5.10 Å². The highest BCUT2D eigenvalue weighted by molar-refractivity contribution is 9.10. The van der Waals surface area contributed by atoms with Crippen LogP contribution in [0.25, 0.3) is 11.4 Å². The van der Waals surface area contributed by atoms with E-state index < -0.39 is 6.10 Å². The maximum absolute atomic E-state index is 12.1. The fourth-order valence-electron chi connectivity index (χ4n) is 2.46. The number of carbonyl (C=O) groups is 1. The molecule has 1 saturated heterocycles. The summed E-state index contributed by atoms with van der Waals surface area (Å²) in [6.45, 7) is 0.734. The number of aromatic amines is 1. The largest absolute Gasteiger partial charge is 0.364 e. The minimum Gasteiger partial charge on any atom is -0.364 e. The van der Waals surface area contributed by atoms with E-state index in [-0.39, 0.29) is 31.0 Å². The number of ether oxygens (including phenoxy) is 1. The molecule has 0 bridgehead atoms. The fraction of sp³-hybridized carbons (Fsp3) is 0.400. The first kappa shape index (κ1) is 18.9. The third-order valence-corrected chi connectivity index (χ3v) is 4.26.